The molecule has 0 saturated carbocycles. The second-order valence-electron chi connectivity index (χ2n) is 4.26. The SMILES string of the molecule is O=S(=O)(NCCc1ccc(Br)s1)c1ccc(CO)c(Cl)c1. The summed E-state index contributed by atoms with van der Waals surface area (Å²) >= 11 is 10.9. The molecule has 2 N–H and O–H groups in total. The highest BCUT2D eigenvalue weighted by Gasteiger charge is 2.15. The molecular formula is C13H13BrClNO3S2. The Balaban J connectivity index is 2.02. The van der Waals surface area contributed by atoms with Gasteiger partial charge in [-0.2, -0.15) is 0 Å². The average molecular weight is 411 g/mol. The van der Waals surface area contributed by atoms with Crippen LogP contribution in [0, 0.1) is 0 Å². The van der Waals surface area contributed by atoms with Crippen LogP contribution >= 0.6 is 38.9 Å². The highest BCUT2D eigenvalue weighted by atomic mass is 79.9. The molecule has 1 aromatic carbocycles. The second kappa shape index (κ2) is 7.21. The van der Waals surface area contributed by atoms with Crippen LogP contribution in [-0.2, 0) is 23.1 Å². The van der Waals surface area contributed by atoms with Gasteiger partial charge in [-0.15, -0.1) is 11.3 Å². The van der Waals surface area contributed by atoms with Crippen molar-refractivity contribution < 1.29 is 13.5 Å². The van der Waals surface area contributed by atoms with Gasteiger partial charge in [0.05, 0.1) is 15.3 Å². The minimum Gasteiger partial charge on any atom is -0.392 e. The number of nitrogens with one attached hydrogen (secondary N) is 1. The van der Waals surface area contributed by atoms with Crippen molar-refractivity contribution in [2.24, 2.45) is 0 Å². The van der Waals surface area contributed by atoms with Gasteiger partial charge in [0.2, 0.25) is 10.0 Å². The first-order valence-corrected chi connectivity index (χ1v) is 9.52. The molecule has 2 rings (SSSR count). The van der Waals surface area contributed by atoms with E-state index in [1.807, 2.05) is 12.1 Å². The number of halogens is 2. The Hall–Kier alpha value is -0.440. The molecule has 114 valence electrons. The monoisotopic (exact) mass is 409 g/mol. The number of aliphatic hydroxyl groups is 1. The highest BCUT2D eigenvalue weighted by Crippen LogP contribution is 2.23. The lowest BCUT2D eigenvalue weighted by Gasteiger charge is -2.08. The van der Waals surface area contributed by atoms with Crippen molar-refractivity contribution in [2.75, 3.05) is 6.54 Å². The van der Waals surface area contributed by atoms with Crippen molar-refractivity contribution in [1.29, 1.82) is 0 Å². The van der Waals surface area contributed by atoms with Crippen molar-refractivity contribution in [3.05, 3.63) is 49.6 Å². The zero-order chi connectivity index (χ0) is 15.5. The number of thiophene rings is 1. The lowest BCUT2D eigenvalue weighted by Crippen LogP contribution is -2.25. The molecule has 0 saturated heterocycles. The first kappa shape index (κ1) is 16.9. The molecule has 0 radical (unpaired) electrons. The molecule has 0 unspecified atom stereocenters. The molecule has 0 bridgehead atoms. The third-order valence-corrected chi connectivity index (χ3v) is 6.29. The van der Waals surface area contributed by atoms with E-state index in [4.69, 9.17) is 16.7 Å². The van der Waals surface area contributed by atoms with Crippen LogP contribution in [0.3, 0.4) is 0 Å². The van der Waals surface area contributed by atoms with E-state index in [0.29, 0.717) is 18.5 Å². The molecule has 1 heterocycles. The van der Waals surface area contributed by atoms with Crippen molar-refractivity contribution in [3.63, 3.8) is 0 Å². The molecule has 0 aliphatic carbocycles. The molecule has 4 nitrogen and oxygen atoms in total. The van der Waals surface area contributed by atoms with Gasteiger partial charge in [-0.25, -0.2) is 13.1 Å². The van der Waals surface area contributed by atoms with E-state index in [1.54, 1.807) is 11.3 Å². The van der Waals surface area contributed by atoms with Gasteiger partial charge in [0.15, 0.2) is 0 Å². The van der Waals surface area contributed by atoms with E-state index in [0.717, 1.165) is 8.66 Å². The molecule has 0 spiro atoms. The molecule has 2 aromatic rings. The molecule has 1 aromatic heterocycles. The third kappa shape index (κ3) is 4.51. The van der Waals surface area contributed by atoms with Gasteiger partial charge in [-0.1, -0.05) is 17.7 Å². The van der Waals surface area contributed by atoms with Crippen LogP contribution in [0.2, 0.25) is 5.02 Å². The van der Waals surface area contributed by atoms with Gasteiger partial charge in [-0.05, 0) is 52.2 Å². The van der Waals surface area contributed by atoms with Crippen molar-refractivity contribution >= 4 is 48.9 Å². The van der Waals surface area contributed by atoms with Gasteiger partial charge in [0, 0.05) is 16.4 Å². The fourth-order valence-electron chi connectivity index (χ4n) is 1.70. The number of aliphatic hydroxyl groups excluding tert-OH is 1. The van der Waals surface area contributed by atoms with E-state index < -0.39 is 10.0 Å². The van der Waals surface area contributed by atoms with Gasteiger partial charge < -0.3 is 5.11 Å². The molecule has 0 amide bonds. The van der Waals surface area contributed by atoms with Gasteiger partial charge in [0.25, 0.3) is 0 Å². The number of rotatable bonds is 6. The largest absolute Gasteiger partial charge is 0.392 e. The lowest BCUT2D eigenvalue weighted by molar-refractivity contribution is 0.282. The van der Waals surface area contributed by atoms with Crippen molar-refractivity contribution in [3.8, 4) is 0 Å². The molecule has 0 fully saturated rings. The van der Waals surface area contributed by atoms with Gasteiger partial charge in [-0.3, -0.25) is 0 Å². The second-order valence-corrected chi connectivity index (χ2v) is 8.99. The van der Waals surface area contributed by atoms with Crippen molar-refractivity contribution in [2.45, 2.75) is 17.9 Å². The minimum absolute atomic E-state index is 0.0945. The Bertz CT molecular complexity index is 731. The summed E-state index contributed by atoms with van der Waals surface area (Å²) in [6.07, 6.45) is 0.623. The third-order valence-electron chi connectivity index (χ3n) is 2.80. The Morgan fingerprint density at radius 2 is 2.05 bits per heavy atom. The quantitative estimate of drug-likeness (QED) is 0.768. The molecule has 8 heteroatoms. The Morgan fingerprint density at radius 1 is 1.29 bits per heavy atom. The summed E-state index contributed by atoms with van der Waals surface area (Å²) in [5.74, 6) is 0. The number of hydrogen-bond donors (Lipinski definition) is 2. The summed E-state index contributed by atoms with van der Waals surface area (Å²) in [4.78, 5) is 1.19. The fraction of sp³-hybridized carbons (Fsp3) is 0.231. The maximum Gasteiger partial charge on any atom is 0.240 e. The summed E-state index contributed by atoms with van der Waals surface area (Å²) in [6.45, 7) is 0.0918. The van der Waals surface area contributed by atoms with Crippen LogP contribution in [0.15, 0.2) is 39.0 Å². The Morgan fingerprint density at radius 3 is 2.62 bits per heavy atom. The van der Waals surface area contributed by atoms with Crippen LogP contribution in [0.1, 0.15) is 10.4 Å². The summed E-state index contributed by atoms with van der Waals surface area (Å²) in [7, 11) is -3.59. The molecule has 0 atom stereocenters. The van der Waals surface area contributed by atoms with Gasteiger partial charge in [0.1, 0.15) is 0 Å². The predicted octanol–water partition coefficient (Wildman–Crippen LogP) is 3.18. The molecule has 0 aliphatic rings. The topological polar surface area (TPSA) is 66.4 Å². The van der Waals surface area contributed by atoms with Crippen LogP contribution in [0.25, 0.3) is 0 Å². The fourth-order valence-corrected chi connectivity index (χ4v) is 4.55. The zero-order valence-corrected chi connectivity index (χ0v) is 14.8. The molecular weight excluding hydrogens is 398 g/mol. The van der Waals surface area contributed by atoms with Gasteiger partial charge >= 0.3 is 0 Å². The summed E-state index contributed by atoms with van der Waals surface area (Å²) in [5, 5.41) is 9.27. The van der Waals surface area contributed by atoms with Crippen LogP contribution in [0.4, 0.5) is 0 Å². The Kier molecular flexibility index (Phi) is 5.81. The highest BCUT2D eigenvalue weighted by molar-refractivity contribution is 9.11. The molecule has 21 heavy (non-hydrogen) atoms. The Labute approximate surface area is 140 Å². The lowest BCUT2D eigenvalue weighted by atomic mass is 10.2. The van der Waals surface area contributed by atoms with E-state index >= 15 is 0 Å². The van der Waals surface area contributed by atoms with Crippen LogP contribution in [-0.4, -0.2) is 20.1 Å². The average Bonchev–Trinajstić information content (AvgIpc) is 2.84. The first-order valence-electron chi connectivity index (χ1n) is 6.05. The maximum absolute atomic E-state index is 12.1. The smallest absolute Gasteiger partial charge is 0.240 e. The first-order chi connectivity index (χ1) is 9.92. The van der Waals surface area contributed by atoms with Crippen LogP contribution < -0.4 is 4.72 Å². The summed E-state index contributed by atoms with van der Waals surface area (Å²) in [5.41, 5.74) is 0.499. The number of benzene rings is 1. The summed E-state index contributed by atoms with van der Waals surface area (Å²) in [6, 6.07) is 8.17. The maximum atomic E-state index is 12.1. The zero-order valence-electron chi connectivity index (χ0n) is 10.8. The number of hydrogen-bond acceptors (Lipinski definition) is 4. The van der Waals surface area contributed by atoms with E-state index in [9.17, 15) is 8.42 Å². The standard InChI is InChI=1S/C13H13BrClNO3S2/c14-13-4-2-10(20-13)5-6-16-21(18,19)11-3-1-9(8-17)12(15)7-11/h1-4,7,16-17H,5-6,8H2. The van der Waals surface area contributed by atoms with E-state index in [2.05, 4.69) is 20.7 Å². The van der Waals surface area contributed by atoms with Crippen LogP contribution in [0.5, 0.6) is 0 Å². The van der Waals surface area contributed by atoms with E-state index in [-0.39, 0.29) is 16.5 Å². The predicted molar refractivity (Wildman–Crippen MR) is 88.3 cm³/mol. The summed E-state index contributed by atoms with van der Waals surface area (Å²) < 4.78 is 27.8. The normalized spacial score (nSPS) is 11.8. The minimum atomic E-state index is -3.59. The van der Waals surface area contributed by atoms with E-state index in [1.165, 1.54) is 18.2 Å². The number of sulfonamides is 1. The molecule has 0 aliphatic heterocycles. The van der Waals surface area contributed by atoms with Crippen molar-refractivity contribution in [1.82, 2.24) is 4.72 Å².